The van der Waals surface area contributed by atoms with Crippen LogP contribution >= 0.6 is 11.6 Å². The maximum absolute atomic E-state index is 14.0. The molecule has 2 N–H and O–H groups in total. The highest BCUT2D eigenvalue weighted by Crippen LogP contribution is 2.51. The van der Waals surface area contributed by atoms with Crippen molar-refractivity contribution < 1.29 is 22.7 Å². The van der Waals surface area contributed by atoms with E-state index in [2.05, 4.69) is 5.32 Å². The number of amides is 1. The molecule has 3 saturated carbocycles. The van der Waals surface area contributed by atoms with Gasteiger partial charge in [0.15, 0.2) is 9.84 Å². The third-order valence-corrected chi connectivity index (χ3v) is 10.5. The van der Waals surface area contributed by atoms with Crippen molar-refractivity contribution in [1.82, 2.24) is 0 Å². The Labute approximate surface area is 198 Å². The molecule has 2 aromatic carbocycles. The summed E-state index contributed by atoms with van der Waals surface area (Å²) in [6, 6.07) is 8.72. The predicted molar refractivity (Wildman–Crippen MR) is 125 cm³/mol. The van der Waals surface area contributed by atoms with E-state index in [4.69, 9.17) is 11.6 Å². The van der Waals surface area contributed by atoms with Crippen LogP contribution in [0, 0.1) is 17.7 Å². The summed E-state index contributed by atoms with van der Waals surface area (Å²) in [4.78, 5) is 12.8. The van der Waals surface area contributed by atoms with E-state index in [1.165, 1.54) is 30.3 Å². The Hall–Kier alpha value is -1.96. The number of halogens is 2. The molecule has 3 aliphatic rings. The number of sulfone groups is 1. The van der Waals surface area contributed by atoms with Crippen LogP contribution in [0.5, 0.6) is 0 Å². The third-order valence-electron chi connectivity index (χ3n) is 7.82. The van der Waals surface area contributed by atoms with Gasteiger partial charge >= 0.3 is 0 Å². The fraction of sp³-hybridized carbons (Fsp3) is 0.480. The number of hydrogen-bond donors (Lipinski definition) is 2. The first kappa shape index (κ1) is 22.8. The number of aliphatic hydroxyl groups is 1. The lowest BCUT2D eigenvalue weighted by Crippen LogP contribution is -2.45. The van der Waals surface area contributed by atoms with E-state index in [1.807, 2.05) is 0 Å². The maximum Gasteiger partial charge on any atom is 0.255 e. The van der Waals surface area contributed by atoms with Gasteiger partial charge in [0.1, 0.15) is 5.82 Å². The smallest absolute Gasteiger partial charge is 0.255 e. The van der Waals surface area contributed by atoms with Gasteiger partial charge < -0.3 is 10.4 Å². The second-order valence-corrected chi connectivity index (χ2v) is 12.5. The molecule has 0 aliphatic heterocycles. The quantitative estimate of drug-likeness (QED) is 0.592. The average molecular weight is 492 g/mol. The summed E-state index contributed by atoms with van der Waals surface area (Å²) in [6.45, 7) is 1.81. The molecule has 3 fully saturated rings. The number of benzene rings is 2. The van der Waals surface area contributed by atoms with Gasteiger partial charge in [-0.3, -0.25) is 4.79 Å². The van der Waals surface area contributed by atoms with Crippen LogP contribution in [-0.4, -0.2) is 30.3 Å². The van der Waals surface area contributed by atoms with Crippen LogP contribution in [0.3, 0.4) is 0 Å². The molecule has 2 bridgehead atoms. The van der Waals surface area contributed by atoms with Crippen molar-refractivity contribution >= 4 is 33.0 Å². The Kier molecular flexibility index (Phi) is 5.58. The highest BCUT2D eigenvalue weighted by molar-refractivity contribution is 7.92. The van der Waals surface area contributed by atoms with Gasteiger partial charge in [-0.1, -0.05) is 11.6 Å². The lowest BCUT2D eigenvalue weighted by Gasteiger charge is -2.40. The standard InChI is InChI=1S/C25H27ClFNO4S/c1-25(30)16-5-6-17(25)12-19(11-16)33(31,32)23-10-15(4-8-21(23)26)24(29)28-18-7-9-22(27)20(13-18)14-2-3-14/h4,7-10,13-14,16-17,19,30H,2-3,5-6,11-12H2,1H3,(H,28,29)/t16-,17?,19?,25?/m0/s1. The zero-order valence-electron chi connectivity index (χ0n) is 18.4. The molecule has 0 heterocycles. The van der Waals surface area contributed by atoms with Gasteiger partial charge in [-0.2, -0.15) is 0 Å². The summed E-state index contributed by atoms with van der Waals surface area (Å²) >= 11 is 6.29. The SMILES string of the molecule is CC1(O)C2CC[C@H]1CC(S(=O)(=O)c1cc(C(=O)Nc3ccc(F)c(C4CC4)c3)ccc1Cl)C2. The molecule has 0 aromatic heterocycles. The molecule has 2 aromatic rings. The van der Waals surface area contributed by atoms with Crippen LogP contribution in [0.4, 0.5) is 10.1 Å². The molecule has 8 heteroatoms. The summed E-state index contributed by atoms with van der Waals surface area (Å²) in [5.41, 5.74) is 0.399. The molecule has 0 saturated heterocycles. The Morgan fingerprint density at radius 1 is 1.09 bits per heavy atom. The van der Waals surface area contributed by atoms with Crippen LogP contribution in [0.2, 0.25) is 5.02 Å². The number of anilines is 1. The topological polar surface area (TPSA) is 83.5 Å². The van der Waals surface area contributed by atoms with E-state index in [0.29, 0.717) is 24.1 Å². The molecule has 3 aliphatic carbocycles. The monoisotopic (exact) mass is 491 g/mol. The van der Waals surface area contributed by atoms with Gasteiger partial charge in [-0.15, -0.1) is 0 Å². The largest absolute Gasteiger partial charge is 0.390 e. The minimum Gasteiger partial charge on any atom is -0.390 e. The van der Waals surface area contributed by atoms with E-state index >= 15 is 0 Å². The maximum atomic E-state index is 14.0. The molecule has 33 heavy (non-hydrogen) atoms. The summed E-state index contributed by atoms with van der Waals surface area (Å²) in [6.07, 6.45) is 4.28. The van der Waals surface area contributed by atoms with E-state index in [9.17, 15) is 22.7 Å². The Morgan fingerprint density at radius 2 is 1.76 bits per heavy atom. The summed E-state index contributed by atoms with van der Waals surface area (Å²) in [7, 11) is -3.79. The van der Waals surface area contributed by atoms with Gasteiger partial charge in [0.25, 0.3) is 5.91 Å². The first-order valence-corrected chi connectivity index (χ1v) is 13.4. The molecule has 0 spiro atoms. The summed E-state index contributed by atoms with van der Waals surface area (Å²) in [5, 5.41) is 12.9. The van der Waals surface area contributed by atoms with Crippen LogP contribution in [-0.2, 0) is 9.84 Å². The molecule has 0 radical (unpaired) electrons. The number of nitrogens with one attached hydrogen (secondary N) is 1. The van der Waals surface area contributed by atoms with Crippen LogP contribution in [0.15, 0.2) is 41.3 Å². The van der Waals surface area contributed by atoms with E-state index < -0.39 is 26.6 Å². The lowest BCUT2D eigenvalue weighted by molar-refractivity contribution is -0.0413. The van der Waals surface area contributed by atoms with E-state index in [1.54, 1.807) is 13.0 Å². The number of fused-ring (bicyclic) bond motifs is 2. The summed E-state index contributed by atoms with van der Waals surface area (Å²) < 4.78 is 41.0. The van der Waals surface area contributed by atoms with Gasteiger partial charge in [0.05, 0.1) is 20.8 Å². The fourth-order valence-electron chi connectivity index (χ4n) is 5.59. The van der Waals surface area contributed by atoms with Gasteiger partial charge in [0.2, 0.25) is 0 Å². The fourth-order valence-corrected chi connectivity index (χ4v) is 7.99. The average Bonchev–Trinajstić information content (AvgIpc) is 3.58. The van der Waals surface area contributed by atoms with Gasteiger partial charge in [-0.05, 0) is 105 Å². The van der Waals surface area contributed by atoms with Crippen molar-refractivity contribution in [1.29, 1.82) is 0 Å². The van der Waals surface area contributed by atoms with Crippen molar-refractivity contribution in [2.24, 2.45) is 11.8 Å². The number of carbonyl (C=O) groups is 1. The highest BCUT2D eigenvalue weighted by atomic mass is 35.5. The van der Waals surface area contributed by atoms with Crippen molar-refractivity contribution in [3.63, 3.8) is 0 Å². The van der Waals surface area contributed by atoms with Gasteiger partial charge in [0, 0.05) is 11.3 Å². The van der Waals surface area contributed by atoms with Crippen molar-refractivity contribution in [2.45, 2.75) is 67.1 Å². The molecule has 5 rings (SSSR count). The Morgan fingerprint density at radius 3 is 2.39 bits per heavy atom. The Balaban J connectivity index is 1.39. The van der Waals surface area contributed by atoms with Crippen molar-refractivity contribution in [2.75, 3.05) is 5.32 Å². The molecular formula is C25H27ClFNO4S. The Bertz CT molecular complexity index is 1210. The van der Waals surface area contributed by atoms with E-state index in [-0.39, 0.29) is 39.1 Å². The zero-order chi connectivity index (χ0) is 23.5. The van der Waals surface area contributed by atoms with Crippen molar-refractivity contribution in [3.05, 3.63) is 58.4 Å². The molecule has 4 atom stereocenters. The first-order chi connectivity index (χ1) is 15.6. The second kappa shape index (κ2) is 8.07. The number of rotatable bonds is 5. The molecule has 1 amide bonds. The predicted octanol–water partition coefficient (Wildman–Crippen LogP) is 5.32. The second-order valence-electron chi connectivity index (χ2n) is 9.95. The zero-order valence-corrected chi connectivity index (χ0v) is 19.9. The molecule has 5 nitrogen and oxygen atoms in total. The van der Waals surface area contributed by atoms with Crippen LogP contribution in [0.25, 0.3) is 0 Å². The van der Waals surface area contributed by atoms with Crippen molar-refractivity contribution in [3.8, 4) is 0 Å². The molecule has 3 unspecified atom stereocenters. The lowest BCUT2D eigenvalue weighted by atomic mass is 9.76. The molecule has 176 valence electrons. The molecular weight excluding hydrogens is 465 g/mol. The number of carbonyl (C=O) groups excluding carboxylic acids is 1. The third kappa shape index (κ3) is 4.08. The van der Waals surface area contributed by atoms with Gasteiger partial charge in [-0.25, -0.2) is 12.8 Å². The van der Waals surface area contributed by atoms with Crippen LogP contribution < -0.4 is 5.32 Å². The van der Waals surface area contributed by atoms with Crippen LogP contribution in [0.1, 0.15) is 67.3 Å². The minimum absolute atomic E-state index is 0.0551. The number of hydrogen-bond acceptors (Lipinski definition) is 4. The summed E-state index contributed by atoms with van der Waals surface area (Å²) in [5.74, 6) is -0.680. The highest BCUT2D eigenvalue weighted by Gasteiger charge is 2.53. The minimum atomic E-state index is -3.79. The van der Waals surface area contributed by atoms with E-state index in [0.717, 1.165) is 25.7 Å². The normalized spacial score (nSPS) is 29.2. The first-order valence-electron chi connectivity index (χ1n) is 11.4.